The largest absolute Gasteiger partial charge is 0.664 e. The third-order valence-corrected chi connectivity index (χ3v) is 3.54. The molecular formula is C12H23N2O2Re-. The maximum Gasteiger partial charge on any atom is 0.293 e. The second-order valence-electron chi connectivity index (χ2n) is 5.01. The number of carbonyl (C=O) groups excluding carboxylic acids is 1. The van der Waals surface area contributed by atoms with Crippen LogP contribution in [-0.2, 0) is 30.0 Å². The summed E-state index contributed by atoms with van der Waals surface area (Å²) in [5.41, 5.74) is 0.0844. The van der Waals surface area contributed by atoms with Gasteiger partial charge in [-0.1, -0.05) is 0 Å². The van der Waals surface area contributed by atoms with Gasteiger partial charge in [0.15, 0.2) is 0 Å². The topological polar surface area (TPSA) is 43.6 Å². The predicted octanol–water partition coefficient (Wildman–Crippen LogP) is 1.65. The number of hydrogen-bond acceptors (Lipinski definition) is 3. The van der Waals surface area contributed by atoms with Crippen LogP contribution in [0.1, 0.15) is 26.7 Å². The number of hydrogen-bond donors (Lipinski definition) is 0. The Morgan fingerprint density at radius 1 is 1.41 bits per heavy atom. The molecular weight excluding hydrogens is 390 g/mol. The van der Waals surface area contributed by atoms with E-state index in [1.165, 1.54) is 0 Å². The molecule has 0 aliphatic carbocycles. The molecule has 1 rings (SSSR count). The summed E-state index contributed by atoms with van der Waals surface area (Å²) in [7, 11) is 1.83. The molecule has 0 bridgehead atoms. The molecule has 0 atom stereocenters. The van der Waals surface area contributed by atoms with Crippen LogP contribution in [0.15, 0.2) is 0 Å². The van der Waals surface area contributed by atoms with Crippen molar-refractivity contribution in [2.45, 2.75) is 32.7 Å². The number of piperidine rings is 1. The van der Waals surface area contributed by atoms with Crippen LogP contribution >= 0.6 is 0 Å². The minimum Gasteiger partial charge on any atom is -0.664 e. The Balaban J connectivity index is 0.00000256. The van der Waals surface area contributed by atoms with Crippen LogP contribution in [0.2, 0.25) is 0 Å². The molecule has 101 valence electrons. The third-order valence-electron chi connectivity index (χ3n) is 3.54. The van der Waals surface area contributed by atoms with Gasteiger partial charge < -0.3 is 15.0 Å². The summed E-state index contributed by atoms with van der Waals surface area (Å²) in [6, 6.07) is 0.601. The zero-order valence-electron chi connectivity index (χ0n) is 11.0. The maximum absolute atomic E-state index is 10.3. The Labute approximate surface area is 118 Å². The van der Waals surface area contributed by atoms with E-state index in [1.807, 2.05) is 7.05 Å². The zero-order valence-corrected chi connectivity index (χ0v) is 13.7. The number of carbonyl (C=O) groups is 1. The summed E-state index contributed by atoms with van der Waals surface area (Å²) < 4.78 is 4.97. The maximum atomic E-state index is 10.3. The van der Waals surface area contributed by atoms with Gasteiger partial charge in [0.2, 0.25) is 0 Å². The molecule has 0 aromatic rings. The summed E-state index contributed by atoms with van der Waals surface area (Å²) >= 11 is 0. The van der Waals surface area contributed by atoms with E-state index in [0.717, 1.165) is 32.5 Å². The van der Waals surface area contributed by atoms with Gasteiger partial charge >= 0.3 is 0 Å². The molecule has 1 aliphatic rings. The molecule has 0 amide bonds. The standard InChI is InChI=1S/C12H23N2O2.Re/c1-11(2)14-6-4-12(5-7-14,8-13-3)9-16-10-15;/h10-11H,4-9H2,1-3H3;/q-1;. The summed E-state index contributed by atoms with van der Waals surface area (Å²) in [6.45, 7) is 8.46. The van der Waals surface area contributed by atoms with Crippen molar-refractivity contribution in [3.63, 3.8) is 0 Å². The second kappa shape index (κ2) is 8.21. The van der Waals surface area contributed by atoms with Gasteiger partial charge in [-0.2, -0.15) is 7.05 Å². The van der Waals surface area contributed by atoms with Gasteiger partial charge in [-0.3, -0.25) is 4.79 Å². The van der Waals surface area contributed by atoms with Crippen molar-refractivity contribution in [3.05, 3.63) is 5.32 Å². The Kier molecular flexibility index (Phi) is 8.23. The predicted molar refractivity (Wildman–Crippen MR) is 64.5 cm³/mol. The molecule has 1 aliphatic heterocycles. The first kappa shape index (κ1) is 17.1. The van der Waals surface area contributed by atoms with E-state index < -0.39 is 0 Å². The van der Waals surface area contributed by atoms with Gasteiger partial charge in [0.25, 0.3) is 6.47 Å². The fraction of sp³-hybridized carbons (Fsp3) is 0.917. The van der Waals surface area contributed by atoms with E-state index in [4.69, 9.17) is 4.74 Å². The minimum atomic E-state index is 0. The van der Waals surface area contributed by atoms with Crippen molar-refractivity contribution in [2.24, 2.45) is 5.41 Å². The van der Waals surface area contributed by atoms with Gasteiger partial charge in [-0.15, -0.1) is 6.54 Å². The summed E-state index contributed by atoms with van der Waals surface area (Å²) in [4.78, 5) is 12.8. The average Bonchev–Trinajstić information content (AvgIpc) is 2.27. The molecule has 4 nitrogen and oxygen atoms in total. The molecule has 1 fully saturated rings. The molecule has 0 aromatic heterocycles. The van der Waals surface area contributed by atoms with Crippen molar-refractivity contribution < 1.29 is 30.0 Å². The number of nitrogens with zero attached hydrogens (tertiary/aromatic N) is 2. The van der Waals surface area contributed by atoms with Crippen LogP contribution < -0.4 is 0 Å². The van der Waals surface area contributed by atoms with E-state index in [2.05, 4.69) is 24.1 Å². The van der Waals surface area contributed by atoms with Gasteiger partial charge in [0.1, 0.15) is 0 Å². The van der Waals surface area contributed by atoms with Gasteiger partial charge in [0, 0.05) is 26.5 Å². The van der Waals surface area contributed by atoms with E-state index in [1.54, 1.807) is 0 Å². The van der Waals surface area contributed by atoms with Crippen LogP contribution in [0.25, 0.3) is 5.32 Å². The first-order valence-electron chi connectivity index (χ1n) is 5.98. The van der Waals surface area contributed by atoms with Crippen molar-refractivity contribution >= 4 is 6.47 Å². The Morgan fingerprint density at radius 3 is 2.41 bits per heavy atom. The van der Waals surface area contributed by atoms with Gasteiger partial charge in [-0.25, -0.2) is 0 Å². The number of ether oxygens (including phenoxy) is 1. The van der Waals surface area contributed by atoms with Crippen molar-refractivity contribution in [1.29, 1.82) is 0 Å². The molecule has 1 heterocycles. The summed E-state index contributed by atoms with van der Waals surface area (Å²) in [5.74, 6) is 0. The molecule has 0 N–H and O–H groups in total. The molecule has 0 saturated carbocycles. The molecule has 1 radical (unpaired) electrons. The minimum absolute atomic E-state index is 0. The van der Waals surface area contributed by atoms with Crippen LogP contribution in [0.4, 0.5) is 0 Å². The van der Waals surface area contributed by atoms with Crippen LogP contribution in [0.5, 0.6) is 0 Å². The Bertz CT molecular complexity index is 217. The number of rotatable bonds is 6. The van der Waals surface area contributed by atoms with Crippen LogP contribution in [0.3, 0.4) is 0 Å². The first-order chi connectivity index (χ1) is 7.63. The summed E-state index contributed by atoms with van der Waals surface area (Å²) in [6.07, 6.45) is 2.13. The van der Waals surface area contributed by atoms with E-state index >= 15 is 0 Å². The smallest absolute Gasteiger partial charge is 0.293 e. The third kappa shape index (κ3) is 5.05. The van der Waals surface area contributed by atoms with E-state index in [9.17, 15) is 4.79 Å². The fourth-order valence-corrected chi connectivity index (χ4v) is 2.41. The zero-order chi connectivity index (χ0) is 12.0. The molecule has 5 heteroatoms. The first-order valence-corrected chi connectivity index (χ1v) is 5.98. The quantitative estimate of drug-likeness (QED) is 0.622. The SMILES string of the molecule is C[N-]CC1(COC=O)CCN(C(C)C)CC1.[Re]. The Morgan fingerprint density at radius 2 is 2.00 bits per heavy atom. The normalized spacial score (nSPS) is 19.8. The van der Waals surface area contributed by atoms with Gasteiger partial charge in [0.05, 0.1) is 6.61 Å². The average molecular weight is 414 g/mol. The Hall–Kier alpha value is 0.0523. The molecule has 1 saturated heterocycles. The fourth-order valence-electron chi connectivity index (χ4n) is 2.41. The van der Waals surface area contributed by atoms with E-state index in [0.29, 0.717) is 19.1 Å². The van der Waals surface area contributed by atoms with Crippen molar-refractivity contribution in [1.82, 2.24) is 4.90 Å². The molecule has 17 heavy (non-hydrogen) atoms. The van der Waals surface area contributed by atoms with E-state index in [-0.39, 0.29) is 25.8 Å². The second-order valence-corrected chi connectivity index (χ2v) is 5.01. The van der Waals surface area contributed by atoms with Gasteiger partial charge in [-0.05, 0) is 45.2 Å². The summed E-state index contributed by atoms with van der Waals surface area (Å²) in [5, 5.41) is 4.24. The molecule has 0 aromatic carbocycles. The van der Waals surface area contributed by atoms with Crippen molar-refractivity contribution in [2.75, 3.05) is 33.3 Å². The van der Waals surface area contributed by atoms with Crippen molar-refractivity contribution in [3.8, 4) is 0 Å². The number of likely N-dealkylation sites (tertiary alicyclic amines) is 1. The van der Waals surface area contributed by atoms with Crippen LogP contribution in [0, 0.1) is 5.41 Å². The monoisotopic (exact) mass is 414 g/mol. The molecule has 0 unspecified atom stereocenters. The molecule has 0 spiro atoms. The van der Waals surface area contributed by atoms with Crippen LogP contribution in [-0.4, -0.2) is 50.7 Å².